The van der Waals surface area contributed by atoms with Crippen molar-refractivity contribution >= 4 is 34.8 Å². The molecule has 3 atom stereocenters. The van der Waals surface area contributed by atoms with Gasteiger partial charge < -0.3 is 9.47 Å². The van der Waals surface area contributed by atoms with E-state index in [-0.39, 0.29) is 5.91 Å². The smallest absolute Gasteiger partial charge is 0.266 e. The van der Waals surface area contributed by atoms with Gasteiger partial charge in [-0.3, -0.25) is 14.4 Å². The highest BCUT2D eigenvalue weighted by Gasteiger charge is 2.61. The quantitative estimate of drug-likeness (QED) is 0.494. The van der Waals surface area contributed by atoms with Gasteiger partial charge in [0, 0.05) is 10.6 Å². The van der Waals surface area contributed by atoms with Crippen LogP contribution in [-0.4, -0.2) is 32.1 Å². The number of benzene rings is 3. The molecule has 0 bridgehead atoms. The number of imide groups is 1. The van der Waals surface area contributed by atoms with Crippen molar-refractivity contribution in [2.24, 2.45) is 5.92 Å². The van der Waals surface area contributed by atoms with E-state index in [0.717, 1.165) is 5.69 Å². The molecule has 2 aliphatic rings. The largest absolute Gasteiger partial charge is 0.493 e. The van der Waals surface area contributed by atoms with Crippen LogP contribution in [0.2, 0.25) is 5.02 Å². The number of nitrogens with zero attached hydrogens (tertiary/aromatic N) is 2. The maximum atomic E-state index is 13.9. The summed E-state index contributed by atoms with van der Waals surface area (Å²) in [7, 11) is 3.10. The van der Waals surface area contributed by atoms with Gasteiger partial charge in [-0.2, -0.15) is 0 Å². The lowest BCUT2D eigenvalue weighted by Gasteiger charge is -2.30. The van der Waals surface area contributed by atoms with Gasteiger partial charge in [0.15, 0.2) is 17.6 Å². The Labute approximate surface area is 202 Å². The van der Waals surface area contributed by atoms with Crippen molar-refractivity contribution in [3.63, 3.8) is 0 Å². The Morgan fingerprint density at radius 2 is 1.62 bits per heavy atom. The lowest BCUT2D eigenvalue weighted by atomic mass is 9.89. The fraction of sp³-hybridized carbons (Fsp3) is 0.231. The van der Waals surface area contributed by atoms with E-state index in [2.05, 4.69) is 0 Å². The number of carbonyl (C=O) groups excluding carboxylic acids is 2. The van der Waals surface area contributed by atoms with E-state index in [0.29, 0.717) is 33.3 Å². The van der Waals surface area contributed by atoms with Crippen LogP contribution in [-0.2, 0) is 14.4 Å². The fourth-order valence-electron chi connectivity index (χ4n) is 4.75. The van der Waals surface area contributed by atoms with Gasteiger partial charge >= 0.3 is 0 Å². The molecule has 0 radical (unpaired) electrons. The number of fused-ring (bicyclic) bond motifs is 1. The van der Waals surface area contributed by atoms with Crippen LogP contribution in [0, 0.1) is 12.8 Å². The molecule has 174 valence electrons. The summed E-state index contributed by atoms with van der Waals surface area (Å²) in [6.45, 7) is 1.78. The van der Waals surface area contributed by atoms with Gasteiger partial charge in [-0.1, -0.05) is 48.0 Å². The summed E-state index contributed by atoms with van der Waals surface area (Å²) >= 11 is 6.29. The molecule has 0 spiro atoms. The molecule has 0 unspecified atom stereocenters. The second-order valence-corrected chi connectivity index (χ2v) is 8.54. The van der Waals surface area contributed by atoms with E-state index in [1.807, 2.05) is 42.5 Å². The summed E-state index contributed by atoms with van der Waals surface area (Å²) in [6.07, 6.45) is -0.994. The van der Waals surface area contributed by atoms with E-state index in [9.17, 15) is 9.59 Å². The Morgan fingerprint density at radius 3 is 2.32 bits per heavy atom. The molecule has 8 heteroatoms. The molecule has 0 aliphatic carbocycles. The average molecular weight is 479 g/mol. The van der Waals surface area contributed by atoms with E-state index in [1.54, 1.807) is 50.5 Å². The van der Waals surface area contributed by atoms with Gasteiger partial charge in [-0.05, 0) is 42.8 Å². The lowest BCUT2D eigenvalue weighted by molar-refractivity contribution is -0.126. The van der Waals surface area contributed by atoms with Crippen LogP contribution in [0.1, 0.15) is 17.2 Å². The molecule has 2 fully saturated rings. The molecule has 7 nitrogen and oxygen atoms in total. The molecule has 0 saturated carbocycles. The maximum Gasteiger partial charge on any atom is 0.266 e. The van der Waals surface area contributed by atoms with Gasteiger partial charge in [0.25, 0.3) is 5.91 Å². The normalized spacial score (nSPS) is 21.7. The molecule has 3 aromatic rings. The summed E-state index contributed by atoms with van der Waals surface area (Å²) in [6, 6.07) is 19.4. The minimum atomic E-state index is -0.994. The Morgan fingerprint density at radius 1 is 0.882 bits per heavy atom. The molecule has 2 saturated heterocycles. The zero-order chi connectivity index (χ0) is 24.0. The van der Waals surface area contributed by atoms with Crippen LogP contribution in [0.25, 0.3) is 0 Å². The Balaban J connectivity index is 1.66. The third-order valence-corrected chi connectivity index (χ3v) is 6.77. The van der Waals surface area contributed by atoms with Crippen LogP contribution < -0.4 is 19.4 Å². The number of carbonyl (C=O) groups is 2. The zero-order valence-corrected chi connectivity index (χ0v) is 19.7. The van der Waals surface area contributed by atoms with Crippen LogP contribution in [0.3, 0.4) is 0 Å². The Hall–Kier alpha value is -3.55. The summed E-state index contributed by atoms with van der Waals surface area (Å²) in [4.78, 5) is 34.8. The third kappa shape index (κ3) is 3.31. The molecular formula is C26H23ClN2O5. The van der Waals surface area contributed by atoms with Gasteiger partial charge in [0.2, 0.25) is 5.91 Å². The summed E-state index contributed by atoms with van der Waals surface area (Å²) in [5.41, 5.74) is 2.52. The number of methoxy groups -OCH3 is 2. The number of anilines is 2. The molecule has 5 rings (SSSR count). The number of amides is 2. The average Bonchev–Trinajstić information content (AvgIpc) is 3.37. The van der Waals surface area contributed by atoms with Crippen molar-refractivity contribution in [3.8, 4) is 11.5 Å². The van der Waals surface area contributed by atoms with Gasteiger partial charge in [0.1, 0.15) is 12.0 Å². The standard InChI is InChI=1S/C26H23ClN2O5/c1-15-18(27)12-8-13-19(15)28-25(30)21-22(17-11-7-14-20(32-2)23(17)33-3)29(34-24(21)26(28)31)16-9-5-4-6-10-16/h4-14,21-22,24H,1-3H3/t21-,22+,24+/m1/s1. The monoisotopic (exact) mass is 478 g/mol. The predicted octanol–water partition coefficient (Wildman–Crippen LogP) is 4.72. The second kappa shape index (κ2) is 8.66. The van der Waals surface area contributed by atoms with Crippen molar-refractivity contribution in [1.82, 2.24) is 0 Å². The van der Waals surface area contributed by atoms with Crippen LogP contribution in [0.15, 0.2) is 66.7 Å². The first-order valence-electron chi connectivity index (χ1n) is 10.8. The Kier molecular flexibility index (Phi) is 5.67. The summed E-state index contributed by atoms with van der Waals surface area (Å²) in [5.74, 6) is -0.569. The number of hydrogen-bond donors (Lipinski definition) is 0. The number of hydrogen-bond acceptors (Lipinski definition) is 6. The molecule has 34 heavy (non-hydrogen) atoms. The van der Waals surface area contributed by atoms with Crippen LogP contribution in [0.5, 0.6) is 11.5 Å². The van der Waals surface area contributed by atoms with Crippen molar-refractivity contribution in [2.75, 3.05) is 24.2 Å². The SMILES string of the molecule is COc1cccc([C@H]2[C@H]3C(=O)N(c4cccc(Cl)c4C)C(=O)[C@H]3ON2c2ccccc2)c1OC. The topological polar surface area (TPSA) is 68.3 Å². The number of rotatable bonds is 5. The zero-order valence-electron chi connectivity index (χ0n) is 18.9. The fourth-order valence-corrected chi connectivity index (χ4v) is 4.92. The summed E-state index contributed by atoms with van der Waals surface area (Å²) < 4.78 is 11.2. The second-order valence-electron chi connectivity index (χ2n) is 8.14. The highest BCUT2D eigenvalue weighted by Crippen LogP contribution is 2.51. The number of hydroxylamine groups is 1. The highest BCUT2D eigenvalue weighted by molar-refractivity contribution is 6.32. The molecule has 3 aromatic carbocycles. The lowest BCUT2D eigenvalue weighted by Crippen LogP contribution is -2.37. The predicted molar refractivity (Wildman–Crippen MR) is 128 cm³/mol. The van der Waals surface area contributed by atoms with Gasteiger partial charge in [0.05, 0.1) is 25.6 Å². The first-order chi connectivity index (χ1) is 16.5. The molecule has 0 N–H and O–H groups in total. The van der Waals surface area contributed by atoms with Gasteiger partial charge in [-0.15, -0.1) is 0 Å². The number of ether oxygens (including phenoxy) is 2. The van der Waals surface area contributed by atoms with Crippen molar-refractivity contribution in [3.05, 3.63) is 82.9 Å². The minimum absolute atomic E-state index is 0.353. The van der Waals surface area contributed by atoms with E-state index >= 15 is 0 Å². The van der Waals surface area contributed by atoms with E-state index in [1.165, 1.54) is 4.90 Å². The van der Waals surface area contributed by atoms with Crippen LogP contribution in [0.4, 0.5) is 11.4 Å². The first kappa shape index (κ1) is 22.3. The number of para-hydroxylation sites is 2. The Bertz CT molecular complexity index is 1270. The molecule has 2 heterocycles. The molecule has 2 aliphatic heterocycles. The molecular weight excluding hydrogens is 456 g/mol. The third-order valence-electron chi connectivity index (χ3n) is 6.36. The highest BCUT2D eigenvalue weighted by atomic mass is 35.5. The van der Waals surface area contributed by atoms with Crippen molar-refractivity contribution in [1.29, 1.82) is 0 Å². The molecule has 2 amide bonds. The minimum Gasteiger partial charge on any atom is -0.493 e. The van der Waals surface area contributed by atoms with E-state index < -0.39 is 24.0 Å². The van der Waals surface area contributed by atoms with Crippen molar-refractivity contribution < 1.29 is 23.9 Å². The molecule has 0 aromatic heterocycles. The maximum absolute atomic E-state index is 13.9. The number of halogens is 1. The van der Waals surface area contributed by atoms with Gasteiger partial charge in [-0.25, -0.2) is 9.96 Å². The summed E-state index contributed by atoms with van der Waals surface area (Å²) in [5, 5.41) is 2.11. The van der Waals surface area contributed by atoms with Crippen molar-refractivity contribution in [2.45, 2.75) is 19.1 Å². The van der Waals surface area contributed by atoms with E-state index in [4.69, 9.17) is 25.9 Å². The van der Waals surface area contributed by atoms with Crippen LogP contribution >= 0.6 is 11.6 Å². The first-order valence-corrected chi connectivity index (χ1v) is 11.2.